The molecule has 2 rings (SSSR count). The lowest BCUT2D eigenvalue weighted by Gasteiger charge is -2.30. The molecule has 0 saturated carbocycles. The molecule has 88 valence electrons. The van der Waals surface area contributed by atoms with Gasteiger partial charge in [-0.2, -0.15) is 0 Å². The van der Waals surface area contributed by atoms with Gasteiger partial charge in [0, 0.05) is 11.6 Å². The highest BCUT2D eigenvalue weighted by atomic mass is 32.1. The van der Waals surface area contributed by atoms with Crippen molar-refractivity contribution >= 4 is 17.1 Å². The van der Waals surface area contributed by atoms with Crippen LogP contribution in [0.3, 0.4) is 0 Å². The van der Waals surface area contributed by atoms with Crippen molar-refractivity contribution in [3.05, 3.63) is 16.6 Å². The fraction of sp³-hybridized carbons (Fsp3) is 0.636. The van der Waals surface area contributed by atoms with Crippen LogP contribution in [-0.4, -0.2) is 41.8 Å². The van der Waals surface area contributed by atoms with E-state index in [-0.39, 0.29) is 5.78 Å². The number of nitrogens with zero attached hydrogens (tertiary/aromatic N) is 2. The van der Waals surface area contributed by atoms with E-state index in [2.05, 4.69) is 9.88 Å². The number of ketones is 1. The summed E-state index contributed by atoms with van der Waals surface area (Å²) in [5, 5.41) is 2.47. The molecule has 1 aliphatic heterocycles. The summed E-state index contributed by atoms with van der Waals surface area (Å²) in [6, 6.07) is 0. The van der Waals surface area contributed by atoms with Crippen molar-refractivity contribution in [2.24, 2.45) is 11.7 Å². The van der Waals surface area contributed by atoms with E-state index in [4.69, 9.17) is 5.73 Å². The largest absolute Gasteiger partial charge is 0.330 e. The highest BCUT2D eigenvalue weighted by molar-refractivity contribution is 7.11. The minimum absolute atomic E-state index is 0.140. The zero-order valence-corrected chi connectivity index (χ0v) is 10.1. The Morgan fingerprint density at radius 3 is 2.88 bits per heavy atom. The molecule has 1 aliphatic rings. The SMILES string of the molecule is NCC1CCN(CC(=O)c2nccs2)CC1. The van der Waals surface area contributed by atoms with Crippen LogP contribution in [0, 0.1) is 5.92 Å². The molecule has 1 saturated heterocycles. The summed E-state index contributed by atoms with van der Waals surface area (Å²) >= 11 is 1.42. The number of carbonyl (C=O) groups is 1. The van der Waals surface area contributed by atoms with Gasteiger partial charge in [-0.1, -0.05) is 0 Å². The van der Waals surface area contributed by atoms with E-state index in [1.165, 1.54) is 11.3 Å². The van der Waals surface area contributed by atoms with Gasteiger partial charge in [-0.05, 0) is 38.4 Å². The van der Waals surface area contributed by atoms with Crippen LogP contribution in [0.4, 0.5) is 0 Å². The van der Waals surface area contributed by atoms with Gasteiger partial charge in [0.1, 0.15) is 0 Å². The number of carbonyl (C=O) groups excluding carboxylic acids is 1. The van der Waals surface area contributed by atoms with Crippen molar-refractivity contribution in [3.8, 4) is 0 Å². The number of aromatic nitrogens is 1. The van der Waals surface area contributed by atoms with Crippen molar-refractivity contribution in [3.63, 3.8) is 0 Å². The second kappa shape index (κ2) is 5.52. The molecular formula is C11H17N3OS. The molecule has 0 aliphatic carbocycles. The summed E-state index contributed by atoms with van der Waals surface area (Å²) in [6.07, 6.45) is 3.90. The Labute approximate surface area is 99.5 Å². The topological polar surface area (TPSA) is 59.2 Å². The lowest BCUT2D eigenvalue weighted by Crippen LogP contribution is -2.39. The maximum atomic E-state index is 11.8. The third-order valence-corrected chi connectivity index (χ3v) is 3.89. The molecule has 1 aromatic heterocycles. The second-order valence-corrected chi connectivity index (χ2v) is 5.11. The Hall–Kier alpha value is -0.780. The number of nitrogens with two attached hydrogens (primary N) is 1. The van der Waals surface area contributed by atoms with Gasteiger partial charge in [0.25, 0.3) is 0 Å². The number of piperidine rings is 1. The lowest BCUT2D eigenvalue weighted by atomic mass is 9.97. The fourth-order valence-corrected chi connectivity index (χ4v) is 2.58. The first-order valence-corrected chi connectivity index (χ1v) is 6.52. The van der Waals surface area contributed by atoms with Gasteiger partial charge >= 0.3 is 0 Å². The van der Waals surface area contributed by atoms with E-state index >= 15 is 0 Å². The Morgan fingerprint density at radius 2 is 2.31 bits per heavy atom. The maximum Gasteiger partial charge on any atom is 0.205 e. The molecule has 0 spiro atoms. The van der Waals surface area contributed by atoms with Crippen LogP contribution < -0.4 is 5.73 Å². The number of hydrogen-bond donors (Lipinski definition) is 1. The zero-order valence-electron chi connectivity index (χ0n) is 9.26. The first-order chi connectivity index (χ1) is 7.79. The quantitative estimate of drug-likeness (QED) is 0.796. The summed E-state index contributed by atoms with van der Waals surface area (Å²) in [7, 11) is 0. The first-order valence-electron chi connectivity index (χ1n) is 5.64. The average Bonchev–Trinajstić information content (AvgIpc) is 2.83. The predicted octanol–water partition coefficient (Wildman–Crippen LogP) is 0.996. The summed E-state index contributed by atoms with van der Waals surface area (Å²) in [4.78, 5) is 18.0. The summed E-state index contributed by atoms with van der Waals surface area (Å²) in [5.74, 6) is 0.785. The molecule has 5 heteroatoms. The minimum Gasteiger partial charge on any atom is -0.330 e. The van der Waals surface area contributed by atoms with Crippen molar-refractivity contribution in [1.82, 2.24) is 9.88 Å². The third-order valence-electron chi connectivity index (χ3n) is 3.08. The van der Waals surface area contributed by atoms with Gasteiger partial charge < -0.3 is 5.73 Å². The molecule has 1 aromatic rings. The fourth-order valence-electron chi connectivity index (χ4n) is 2.01. The zero-order chi connectivity index (χ0) is 11.4. The van der Waals surface area contributed by atoms with Gasteiger partial charge in [0.2, 0.25) is 5.78 Å². The average molecular weight is 239 g/mol. The van der Waals surface area contributed by atoms with E-state index in [1.807, 2.05) is 5.38 Å². The Morgan fingerprint density at radius 1 is 1.56 bits per heavy atom. The highest BCUT2D eigenvalue weighted by Gasteiger charge is 2.20. The second-order valence-electron chi connectivity index (χ2n) is 4.22. The van der Waals surface area contributed by atoms with Crippen molar-refractivity contribution in [2.75, 3.05) is 26.2 Å². The van der Waals surface area contributed by atoms with Gasteiger partial charge in [0.05, 0.1) is 6.54 Å². The Bertz CT molecular complexity index is 331. The van der Waals surface area contributed by atoms with Crippen LogP contribution in [0.5, 0.6) is 0 Å². The van der Waals surface area contributed by atoms with Crippen molar-refractivity contribution in [2.45, 2.75) is 12.8 Å². The summed E-state index contributed by atoms with van der Waals surface area (Å²) < 4.78 is 0. The standard InChI is InChI=1S/C11H17N3OS/c12-7-9-1-4-14(5-2-9)8-10(15)11-13-3-6-16-11/h3,6,9H,1-2,4-5,7-8,12H2. The number of Topliss-reactive ketones (excluding diaryl/α,β-unsaturated/α-hetero) is 1. The maximum absolute atomic E-state index is 11.8. The summed E-state index contributed by atoms with van der Waals surface area (Å²) in [6.45, 7) is 3.25. The Kier molecular flexibility index (Phi) is 4.04. The van der Waals surface area contributed by atoms with Crippen LogP contribution in [0.1, 0.15) is 22.6 Å². The smallest absolute Gasteiger partial charge is 0.205 e. The van der Waals surface area contributed by atoms with Crippen LogP contribution in [-0.2, 0) is 0 Å². The number of likely N-dealkylation sites (tertiary alicyclic amines) is 1. The number of hydrogen-bond acceptors (Lipinski definition) is 5. The van der Waals surface area contributed by atoms with Gasteiger partial charge in [0.15, 0.2) is 5.01 Å². The van der Waals surface area contributed by atoms with Crippen molar-refractivity contribution < 1.29 is 4.79 Å². The molecular weight excluding hydrogens is 222 g/mol. The molecule has 0 amide bonds. The third kappa shape index (κ3) is 2.87. The first kappa shape index (κ1) is 11.7. The van der Waals surface area contributed by atoms with E-state index in [1.54, 1.807) is 6.20 Å². The molecule has 4 nitrogen and oxygen atoms in total. The monoisotopic (exact) mass is 239 g/mol. The molecule has 2 N–H and O–H groups in total. The van der Waals surface area contributed by atoms with Crippen LogP contribution >= 0.6 is 11.3 Å². The van der Waals surface area contributed by atoms with E-state index in [9.17, 15) is 4.79 Å². The van der Waals surface area contributed by atoms with E-state index < -0.39 is 0 Å². The van der Waals surface area contributed by atoms with Crippen molar-refractivity contribution in [1.29, 1.82) is 0 Å². The van der Waals surface area contributed by atoms with Gasteiger partial charge in [-0.15, -0.1) is 11.3 Å². The molecule has 0 atom stereocenters. The van der Waals surface area contributed by atoms with Gasteiger partial charge in [-0.25, -0.2) is 4.98 Å². The van der Waals surface area contributed by atoms with E-state index in [0.717, 1.165) is 32.5 Å². The molecule has 0 unspecified atom stereocenters. The Balaban J connectivity index is 1.81. The lowest BCUT2D eigenvalue weighted by molar-refractivity contribution is 0.0897. The highest BCUT2D eigenvalue weighted by Crippen LogP contribution is 2.16. The van der Waals surface area contributed by atoms with Gasteiger partial charge in [-0.3, -0.25) is 9.69 Å². The van der Waals surface area contributed by atoms with E-state index in [0.29, 0.717) is 17.5 Å². The number of rotatable bonds is 4. The molecule has 2 heterocycles. The molecule has 0 radical (unpaired) electrons. The minimum atomic E-state index is 0.140. The molecule has 1 fully saturated rings. The molecule has 0 bridgehead atoms. The summed E-state index contributed by atoms with van der Waals surface area (Å²) in [5.41, 5.74) is 5.63. The van der Waals surface area contributed by atoms with Crippen LogP contribution in [0.15, 0.2) is 11.6 Å². The predicted molar refractivity (Wildman–Crippen MR) is 64.7 cm³/mol. The van der Waals surface area contributed by atoms with Crippen LogP contribution in [0.25, 0.3) is 0 Å². The molecule has 16 heavy (non-hydrogen) atoms. The molecule has 0 aromatic carbocycles. The number of thiazole rings is 1. The normalized spacial score (nSPS) is 18.8. The van der Waals surface area contributed by atoms with Crippen LogP contribution in [0.2, 0.25) is 0 Å².